The Kier molecular flexibility index (Phi) is 2.84. The zero-order valence-corrected chi connectivity index (χ0v) is 7.33. The van der Waals surface area contributed by atoms with E-state index in [9.17, 15) is 9.59 Å². The zero-order chi connectivity index (χ0) is 9.84. The molecule has 1 aliphatic rings. The van der Waals surface area contributed by atoms with Crippen LogP contribution in [0.3, 0.4) is 0 Å². The summed E-state index contributed by atoms with van der Waals surface area (Å²) in [6.45, 7) is 4.78. The molecule has 70 valence electrons. The molecule has 0 aliphatic carbocycles. The van der Waals surface area contributed by atoms with Gasteiger partial charge in [0, 0.05) is 11.1 Å². The van der Waals surface area contributed by atoms with Gasteiger partial charge in [-0.05, 0) is 13.3 Å². The van der Waals surface area contributed by atoms with Crippen LogP contribution in [-0.4, -0.2) is 18.7 Å². The molecule has 13 heavy (non-hydrogen) atoms. The van der Waals surface area contributed by atoms with Gasteiger partial charge in [0.1, 0.15) is 0 Å². The smallest absolute Gasteiger partial charge is 0.336 e. The molecule has 0 aromatic rings. The standard InChI is InChI=1S/C9H10O4/c1-6-3-4-7(2)9(11)13-5-12-8(6)10/h4H,1,3,5H2,2H3. The Balaban J connectivity index is 2.78. The Bertz CT molecular complexity index is 288. The molecule has 4 nitrogen and oxygen atoms in total. The molecule has 0 spiro atoms. The number of esters is 2. The highest BCUT2D eigenvalue weighted by molar-refractivity contribution is 5.91. The van der Waals surface area contributed by atoms with Crippen molar-refractivity contribution >= 4 is 11.9 Å². The molecule has 0 N–H and O–H groups in total. The molecule has 0 saturated carbocycles. The second kappa shape index (κ2) is 3.89. The van der Waals surface area contributed by atoms with E-state index in [2.05, 4.69) is 16.1 Å². The van der Waals surface area contributed by atoms with Crippen molar-refractivity contribution in [2.45, 2.75) is 13.3 Å². The summed E-state index contributed by atoms with van der Waals surface area (Å²) in [5.74, 6) is -0.999. The zero-order valence-electron chi connectivity index (χ0n) is 7.33. The Hall–Kier alpha value is -1.58. The quantitative estimate of drug-likeness (QED) is 0.413. The van der Waals surface area contributed by atoms with Crippen LogP contribution in [0, 0.1) is 0 Å². The first-order valence-corrected chi connectivity index (χ1v) is 3.80. The van der Waals surface area contributed by atoms with Crippen molar-refractivity contribution in [1.29, 1.82) is 0 Å². The number of ether oxygens (including phenoxy) is 2. The van der Waals surface area contributed by atoms with E-state index in [1.165, 1.54) is 0 Å². The van der Waals surface area contributed by atoms with Gasteiger partial charge in [0.25, 0.3) is 0 Å². The van der Waals surface area contributed by atoms with Crippen LogP contribution in [0.15, 0.2) is 23.8 Å². The third-order valence-electron chi connectivity index (χ3n) is 1.65. The van der Waals surface area contributed by atoms with Gasteiger partial charge >= 0.3 is 11.9 Å². The molecule has 0 radical (unpaired) electrons. The van der Waals surface area contributed by atoms with Crippen LogP contribution in [0.2, 0.25) is 0 Å². The minimum Gasteiger partial charge on any atom is -0.424 e. The van der Waals surface area contributed by atoms with Gasteiger partial charge in [0.15, 0.2) is 0 Å². The first-order chi connectivity index (χ1) is 6.11. The van der Waals surface area contributed by atoms with Crippen LogP contribution in [0.5, 0.6) is 0 Å². The van der Waals surface area contributed by atoms with E-state index in [0.29, 0.717) is 17.6 Å². The fourth-order valence-corrected chi connectivity index (χ4v) is 0.795. The van der Waals surface area contributed by atoms with E-state index in [4.69, 9.17) is 0 Å². The number of cyclic esters (lactones) is 2. The minimum absolute atomic E-state index is 0.317. The van der Waals surface area contributed by atoms with Gasteiger partial charge in [-0.1, -0.05) is 12.7 Å². The molecule has 0 unspecified atom stereocenters. The SMILES string of the molecule is C=C1CC=C(C)C(=O)OCOC1=O. The highest BCUT2D eigenvalue weighted by atomic mass is 16.7. The lowest BCUT2D eigenvalue weighted by molar-refractivity contribution is -0.161. The first kappa shape index (κ1) is 9.51. The van der Waals surface area contributed by atoms with E-state index in [-0.39, 0.29) is 6.79 Å². The van der Waals surface area contributed by atoms with Gasteiger partial charge in [-0.2, -0.15) is 0 Å². The molecule has 4 heteroatoms. The van der Waals surface area contributed by atoms with E-state index < -0.39 is 11.9 Å². The Labute approximate surface area is 75.8 Å². The van der Waals surface area contributed by atoms with Crippen molar-refractivity contribution < 1.29 is 19.1 Å². The molecule has 0 bridgehead atoms. The van der Waals surface area contributed by atoms with Gasteiger partial charge in [0.2, 0.25) is 6.79 Å². The molecule has 1 aliphatic heterocycles. The lowest BCUT2D eigenvalue weighted by Gasteiger charge is -2.03. The Morgan fingerprint density at radius 3 is 2.62 bits per heavy atom. The third-order valence-corrected chi connectivity index (χ3v) is 1.65. The largest absolute Gasteiger partial charge is 0.424 e. The number of rotatable bonds is 0. The number of hydrogen-bond acceptors (Lipinski definition) is 4. The second-order valence-electron chi connectivity index (χ2n) is 2.68. The summed E-state index contributed by atoms with van der Waals surface area (Å²) in [6, 6.07) is 0. The summed E-state index contributed by atoms with van der Waals surface area (Å²) in [6.07, 6.45) is 1.91. The Morgan fingerprint density at radius 2 is 1.92 bits per heavy atom. The maximum atomic E-state index is 11.0. The topological polar surface area (TPSA) is 52.6 Å². The molecule has 0 aromatic carbocycles. The van der Waals surface area contributed by atoms with Crippen molar-refractivity contribution in [3.63, 3.8) is 0 Å². The number of carbonyl (C=O) groups excluding carboxylic acids is 2. The molecule has 1 heterocycles. The van der Waals surface area contributed by atoms with E-state index in [1.807, 2.05) is 0 Å². The fraction of sp³-hybridized carbons (Fsp3) is 0.333. The summed E-state index contributed by atoms with van der Waals surface area (Å²) >= 11 is 0. The molecule has 0 amide bonds. The highest BCUT2D eigenvalue weighted by Crippen LogP contribution is 2.09. The predicted molar refractivity (Wildman–Crippen MR) is 44.6 cm³/mol. The van der Waals surface area contributed by atoms with Crippen molar-refractivity contribution in [2.75, 3.05) is 6.79 Å². The fourth-order valence-electron chi connectivity index (χ4n) is 0.795. The summed E-state index contributed by atoms with van der Waals surface area (Å²) in [5, 5.41) is 0. The van der Waals surface area contributed by atoms with Crippen molar-refractivity contribution in [3.8, 4) is 0 Å². The second-order valence-corrected chi connectivity index (χ2v) is 2.68. The van der Waals surface area contributed by atoms with Crippen molar-refractivity contribution in [1.82, 2.24) is 0 Å². The average molecular weight is 182 g/mol. The lowest BCUT2D eigenvalue weighted by Crippen LogP contribution is -2.12. The first-order valence-electron chi connectivity index (χ1n) is 3.80. The highest BCUT2D eigenvalue weighted by Gasteiger charge is 2.13. The van der Waals surface area contributed by atoms with Crippen LogP contribution in [0.25, 0.3) is 0 Å². The summed E-state index contributed by atoms with van der Waals surface area (Å²) in [7, 11) is 0. The summed E-state index contributed by atoms with van der Waals surface area (Å²) in [4.78, 5) is 22.0. The molecule has 0 saturated heterocycles. The summed E-state index contributed by atoms with van der Waals surface area (Å²) in [5.41, 5.74) is 0.775. The van der Waals surface area contributed by atoms with E-state index >= 15 is 0 Å². The third kappa shape index (κ3) is 2.43. The molecule has 0 fully saturated rings. The molecule has 0 aromatic heterocycles. The number of hydrogen-bond donors (Lipinski definition) is 0. The maximum Gasteiger partial charge on any atom is 0.336 e. The van der Waals surface area contributed by atoms with Gasteiger partial charge in [-0.15, -0.1) is 0 Å². The van der Waals surface area contributed by atoms with Crippen LogP contribution in [0.4, 0.5) is 0 Å². The molecule has 0 atom stereocenters. The van der Waals surface area contributed by atoms with Gasteiger partial charge < -0.3 is 9.47 Å². The van der Waals surface area contributed by atoms with Gasteiger partial charge in [-0.3, -0.25) is 0 Å². The molecular weight excluding hydrogens is 172 g/mol. The van der Waals surface area contributed by atoms with Crippen molar-refractivity contribution in [2.24, 2.45) is 0 Å². The average Bonchev–Trinajstić information content (AvgIpc) is 2.15. The van der Waals surface area contributed by atoms with Crippen LogP contribution >= 0.6 is 0 Å². The predicted octanol–water partition coefficient (Wildman–Crippen LogP) is 0.936. The van der Waals surface area contributed by atoms with Crippen molar-refractivity contribution in [3.05, 3.63) is 23.8 Å². The molecule has 1 rings (SSSR count). The minimum atomic E-state index is -0.529. The van der Waals surface area contributed by atoms with Crippen LogP contribution in [0.1, 0.15) is 13.3 Å². The Morgan fingerprint density at radius 1 is 1.31 bits per heavy atom. The summed E-state index contributed by atoms with van der Waals surface area (Å²) < 4.78 is 9.18. The van der Waals surface area contributed by atoms with E-state index in [1.54, 1.807) is 13.0 Å². The van der Waals surface area contributed by atoms with Gasteiger partial charge in [0.05, 0.1) is 0 Å². The molecular formula is C9H10O4. The van der Waals surface area contributed by atoms with Crippen LogP contribution < -0.4 is 0 Å². The normalized spacial score (nSPS) is 19.2. The monoisotopic (exact) mass is 182 g/mol. The number of allylic oxidation sites excluding steroid dienone is 1. The van der Waals surface area contributed by atoms with E-state index in [0.717, 1.165) is 0 Å². The lowest BCUT2D eigenvalue weighted by atomic mass is 10.1. The number of carbonyl (C=O) groups is 2. The maximum absolute atomic E-state index is 11.0. The van der Waals surface area contributed by atoms with Gasteiger partial charge in [-0.25, -0.2) is 9.59 Å². The van der Waals surface area contributed by atoms with Crippen LogP contribution in [-0.2, 0) is 19.1 Å².